The molecule has 1 saturated heterocycles. The van der Waals surface area contributed by atoms with Crippen molar-refractivity contribution < 1.29 is 4.74 Å². The van der Waals surface area contributed by atoms with E-state index < -0.39 is 0 Å². The Kier molecular flexibility index (Phi) is 5.21. The van der Waals surface area contributed by atoms with E-state index in [0.29, 0.717) is 18.0 Å². The second-order valence-corrected chi connectivity index (χ2v) is 4.46. The van der Waals surface area contributed by atoms with Gasteiger partial charge in [0.1, 0.15) is 0 Å². The van der Waals surface area contributed by atoms with Crippen molar-refractivity contribution in [1.82, 2.24) is 4.90 Å². The highest BCUT2D eigenvalue weighted by Gasteiger charge is 2.27. The fourth-order valence-corrected chi connectivity index (χ4v) is 2.44. The van der Waals surface area contributed by atoms with E-state index in [9.17, 15) is 0 Å². The first-order valence-corrected chi connectivity index (χ1v) is 6.20. The lowest BCUT2D eigenvalue weighted by Gasteiger charge is -2.40. The third kappa shape index (κ3) is 3.11. The Labute approximate surface area is 92.6 Å². The molecule has 0 amide bonds. The molecule has 2 nitrogen and oxygen atoms in total. The molecule has 84 valence electrons. The zero-order chi connectivity index (χ0) is 10.6. The van der Waals surface area contributed by atoms with Gasteiger partial charge in [0.2, 0.25) is 0 Å². The first kappa shape index (κ1) is 12.3. The molecule has 0 aliphatic carbocycles. The molecular formula is C11H22ClNO. The van der Waals surface area contributed by atoms with E-state index in [1.807, 2.05) is 0 Å². The van der Waals surface area contributed by atoms with E-state index in [1.165, 1.54) is 12.8 Å². The third-order valence-corrected chi connectivity index (χ3v) is 3.33. The van der Waals surface area contributed by atoms with Gasteiger partial charge in [-0.1, -0.05) is 13.8 Å². The maximum absolute atomic E-state index is 5.85. The molecule has 0 N–H and O–H groups in total. The normalized spacial score (nSPS) is 29.8. The maximum Gasteiger partial charge on any atom is 0.0841 e. The van der Waals surface area contributed by atoms with Crippen molar-refractivity contribution in [2.45, 2.75) is 51.9 Å². The van der Waals surface area contributed by atoms with Gasteiger partial charge in [-0.25, -0.2) is 0 Å². The summed E-state index contributed by atoms with van der Waals surface area (Å²) in [4.78, 5) is 2.53. The van der Waals surface area contributed by atoms with E-state index in [4.69, 9.17) is 16.3 Å². The molecule has 1 aliphatic heterocycles. The van der Waals surface area contributed by atoms with Gasteiger partial charge in [0.15, 0.2) is 0 Å². The first-order chi connectivity index (χ1) is 6.71. The van der Waals surface area contributed by atoms with Gasteiger partial charge in [0, 0.05) is 25.0 Å². The van der Waals surface area contributed by atoms with Gasteiger partial charge in [-0.15, -0.1) is 11.6 Å². The van der Waals surface area contributed by atoms with Crippen LogP contribution >= 0.6 is 11.6 Å². The molecule has 0 aromatic heterocycles. The predicted octanol–water partition coefficient (Wildman–Crippen LogP) is 2.50. The van der Waals surface area contributed by atoms with Gasteiger partial charge >= 0.3 is 0 Å². The van der Waals surface area contributed by atoms with Crippen molar-refractivity contribution in [3.05, 3.63) is 0 Å². The first-order valence-electron chi connectivity index (χ1n) is 5.66. The summed E-state index contributed by atoms with van der Waals surface area (Å²) < 4.78 is 5.73. The number of nitrogens with zero attached hydrogens (tertiary/aromatic N) is 1. The van der Waals surface area contributed by atoms with Crippen LogP contribution < -0.4 is 0 Å². The molecular weight excluding hydrogens is 198 g/mol. The van der Waals surface area contributed by atoms with Crippen molar-refractivity contribution in [2.75, 3.05) is 19.0 Å². The Bertz CT molecular complexity index is 161. The number of rotatable bonds is 4. The summed E-state index contributed by atoms with van der Waals surface area (Å²) in [7, 11) is 0. The molecule has 14 heavy (non-hydrogen) atoms. The molecule has 0 aromatic carbocycles. The van der Waals surface area contributed by atoms with Gasteiger partial charge in [0.05, 0.1) is 12.2 Å². The van der Waals surface area contributed by atoms with Crippen LogP contribution in [-0.2, 0) is 4.74 Å². The number of morpholine rings is 1. The number of halogens is 1. The summed E-state index contributed by atoms with van der Waals surface area (Å²) in [5.74, 6) is 0.612. The zero-order valence-corrected chi connectivity index (χ0v) is 10.3. The van der Waals surface area contributed by atoms with E-state index in [-0.39, 0.29) is 6.10 Å². The summed E-state index contributed by atoms with van der Waals surface area (Å²) in [6, 6.07) is 0.701. The monoisotopic (exact) mass is 219 g/mol. The van der Waals surface area contributed by atoms with Crippen LogP contribution in [0.15, 0.2) is 0 Å². The van der Waals surface area contributed by atoms with Crippen LogP contribution in [0.2, 0.25) is 0 Å². The highest BCUT2D eigenvalue weighted by Crippen LogP contribution is 2.18. The molecule has 1 aliphatic rings. The Morgan fingerprint density at radius 3 is 2.50 bits per heavy atom. The Balaban J connectivity index is 2.51. The lowest BCUT2D eigenvalue weighted by molar-refractivity contribution is -0.0795. The van der Waals surface area contributed by atoms with Gasteiger partial charge in [-0.2, -0.15) is 0 Å². The molecule has 1 rings (SSSR count). The fraction of sp³-hybridized carbons (Fsp3) is 1.00. The van der Waals surface area contributed by atoms with Crippen LogP contribution in [-0.4, -0.2) is 42.1 Å². The van der Waals surface area contributed by atoms with Crippen LogP contribution in [0.25, 0.3) is 0 Å². The standard InChI is InChI=1S/C11H22ClNO/c1-4-10(5-2)13-7-9(3)14-11(6-12)8-13/h9-11H,4-8H2,1-3H3. The zero-order valence-electron chi connectivity index (χ0n) is 9.50. The highest BCUT2D eigenvalue weighted by molar-refractivity contribution is 6.18. The Morgan fingerprint density at radius 1 is 1.36 bits per heavy atom. The number of alkyl halides is 1. The average molecular weight is 220 g/mol. The largest absolute Gasteiger partial charge is 0.371 e. The summed E-state index contributed by atoms with van der Waals surface area (Å²) in [6.45, 7) is 8.70. The van der Waals surface area contributed by atoms with Gasteiger partial charge in [-0.3, -0.25) is 4.90 Å². The van der Waals surface area contributed by atoms with E-state index in [1.54, 1.807) is 0 Å². The van der Waals surface area contributed by atoms with E-state index in [0.717, 1.165) is 13.1 Å². The van der Waals surface area contributed by atoms with Gasteiger partial charge in [-0.05, 0) is 19.8 Å². The van der Waals surface area contributed by atoms with Crippen LogP contribution in [0.1, 0.15) is 33.6 Å². The topological polar surface area (TPSA) is 12.5 Å². The minimum atomic E-state index is 0.223. The third-order valence-electron chi connectivity index (χ3n) is 2.99. The van der Waals surface area contributed by atoms with Crippen molar-refractivity contribution >= 4 is 11.6 Å². The molecule has 0 aromatic rings. The molecule has 2 unspecified atom stereocenters. The van der Waals surface area contributed by atoms with E-state index >= 15 is 0 Å². The summed E-state index contributed by atoms with van der Waals surface area (Å²) in [5, 5.41) is 0. The molecule has 1 fully saturated rings. The second kappa shape index (κ2) is 5.94. The summed E-state index contributed by atoms with van der Waals surface area (Å²) in [5.41, 5.74) is 0. The molecule has 3 heteroatoms. The van der Waals surface area contributed by atoms with Crippen LogP contribution in [0, 0.1) is 0 Å². The SMILES string of the molecule is CCC(CC)N1CC(C)OC(CCl)C1. The average Bonchev–Trinajstić information content (AvgIpc) is 2.19. The molecule has 0 radical (unpaired) electrons. The van der Waals surface area contributed by atoms with Crippen molar-refractivity contribution in [2.24, 2.45) is 0 Å². The Morgan fingerprint density at radius 2 is 2.00 bits per heavy atom. The van der Waals surface area contributed by atoms with Crippen molar-refractivity contribution in [3.8, 4) is 0 Å². The van der Waals surface area contributed by atoms with Crippen LogP contribution in [0.3, 0.4) is 0 Å². The Hall–Kier alpha value is 0.210. The minimum Gasteiger partial charge on any atom is -0.371 e. The maximum atomic E-state index is 5.85. The molecule has 1 heterocycles. The summed E-state index contributed by atoms with van der Waals surface area (Å²) >= 11 is 5.85. The number of hydrogen-bond donors (Lipinski definition) is 0. The molecule has 0 saturated carbocycles. The number of hydrogen-bond acceptors (Lipinski definition) is 2. The minimum absolute atomic E-state index is 0.223. The number of ether oxygens (including phenoxy) is 1. The lowest BCUT2D eigenvalue weighted by Crippen LogP contribution is -2.51. The van der Waals surface area contributed by atoms with Crippen molar-refractivity contribution in [1.29, 1.82) is 0 Å². The molecule has 0 spiro atoms. The smallest absolute Gasteiger partial charge is 0.0841 e. The lowest BCUT2D eigenvalue weighted by atomic mass is 10.1. The fourth-order valence-electron chi connectivity index (χ4n) is 2.27. The highest BCUT2D eigenvalue weighted by atomic mass is 35.5. The molecule has 0 bridgehead atoms. The molecule has 2 atom stereocenters. The van der Waals surface area contributed by atoms with E-state index in [2.05, 4.69) is 25.7 Å². The quantitative estimate of drug-likeness (QED) is 0.674. The predicted molar refractivity (Wildman–Crippen MR) is 61.0 cm³/mol. The van der Waals surface area contributed by atoms with Crippen LogP contribution in [0.5, 0.6) is 0 Å². The van der Waals surface area contributed by atoms with Gasteiger partial charge in [0.25, 0.3) is 0 Å². The second-order valence-electron chi connectivity index (χ2n) is 4.15. The van der Waals surface area contributed by atoms with Crippen LogP contribution in [0.4, 0.5) is 0 Å². The van der Waals surface area contributed by atoms with Gasteiger partial charge < -0.3 is 4.74 Å². The summed E-state index contributed by atoms with van der Waals surface area (Å²) in [6.07, 6.45) is 2.99. The van der Waals surface area contributed by atoms with Crippen molar-refractivity contribution in [3.63, 3.8) is 0 Å².